The third-order valence-corrected chi connectivity index (χ3v) is 2.47. The van der Waals surface area contributed by atoms with Gasteiger partial charge in [-0.1, -0.05) is 0 Å². The van der Waals surface area contributed by atoms with Crippen LogP contribution in [0.25, 0.3) is 0 Å². The largest absolute Gasteiger partial charge is 0.396 e. The highest BCUT2D eigenvalue weighted by atomic mass is 15.1. The quantitative estimate of drug-likeness (QED) is 0.642. The van der Waals surface area contributed by atoms with Crippen molar-refractivity contribution in [2.24, 2.45) is 4.99 Å². The van der Waals surface area contributed by atoms with Crippen molar-refractivity contribution in [3.8, 4) is 0 Å². The van der Waals surface area contributed by atoms with Crippen molar-refractivity contribution in [2.45, 2.75) is 12.8 Å². The monoisotopic (exact) mass is 219 g/mol. The molecule has 0 spiro atoms. The Morgan fingerprint density at radius 2 is 2.44 bits per heavy atom. The van der Waals surface area contributed by atoms with E-state index < -0.39 is 0 Å². The van der Waals surface area contributed by atoms with Gasteiger partial charge in [-0.2, -0.15) is 0 Å². The SMILES string of the molecule is Nc1cccnc1NCCCC1=NCCN1. The van der Waals surface area contributed by atoms with E-state index in [0.29, 0.717) is 5.69 Å². The van der Waals surface area contributed by atoms with E-state index in [4.69, 9.17) is 5.73 Å². The number of nitrogens with one attached hydrogen (secondary N) is 2. The van der Waals surface area contributed by atoms with Crippen LogP contribution >= 0.6 is 0 Å². The van der Waals surface area contributed by atoms with Crippen LogP contribution in [0.5, 0.6) is 0 Å². The summed E-state index contributed by atoms with van der Waals surface area (Å²) in [5.74, 6) is 1.89. The second-order valence-electron chi connectivity index (χ2n) is 3.73. The molecule has 0 atom stereocenters. The van der Waals surface area contributed by atoms with Gasteiger partial charge < -0.3 is 16.4 Å². The number of rotatable bonds is 5. The maximum Gasteiger partial charge on any atom is 0.149 e. The van der Waals surface area contributed by atoms with Crippen LogP contribution in [0, 0.1) is 0 Å². The number of nitrogen functional groups attached to an aromatic ring is 1. The van der Waals surface area contributed by atoms with E-state index in [1.807, 2.05) is 12.1 Å². The van der Waals surface area contributed by atoms with Gasteiger partial charge >= 0.3 is 0 Å². The number of pyridine rings is 1. The molecule has 0 bridgehead atoms. The highest BCUT2D eigenvalue weighted by Gasteiger charge is 2.04. The molecule has 1 aliphatic rings. The number of hydrogen-bond acceptors (Lipinski definition) is 5. The predicted molar refractivity (Wildman–Crippen MR) is 66.7 cm³/mol. The molecule has 0 radical (unpaired) electrons. The van der Waals surface area contributed by atoms with E-state index in [1.54, 1.807) is 6.20 Å². The van der Waals surface area contributed by atoms with E-state index in [1.165, 1.54) is 0 Å². The molecule has 4 N–H and O–H groups in total. The van der Waals surface area contributed by atoms with E-state index in [-0.39, 0.29) is 0 Å². The average molecular weight is 219 g/mol. The molecule has 0 saturated heterocycles. The Bertz CT molecular complexity index is 374. The van der Waals surface area contributed by atoms with Crippen LogP contribution < -0.4 is 16.4 Å². The van der Waals surface area contributed by atoms with Crippen LogP contribution in [0.4, 0.5) is 11.5 Å². The van der Waals surface area contributed by atoms with Crippen LogP contribution in [-0.2, 0) is 0 Å². The lowest BCUT2D eigenvalue weighted by molar-refractivity contribution is 0.880. The summed E-state index contributed by atoms with van der Waals surface area (Å²) in [6.45, 7) is 2.76. The topological polar surface area (TPSA) is 75.3 Å². The smallest absolute Gasteiger partial charge is 0.149 e. The summed E-state index contributed by atoms with van der Waals surface area (Å²) in [5, 5.41) is 6.47. The standard InChI is InChI=1S/C11H17N5/c12-9-3-1-5-15-11(9)16-6-2-4-10-13-7-8-14-10/h1,3,5H,2,4,6-8,12H2,(H,13,14)(H,15,16). The van der Waals surface area contributed by atoms with Crippen LogP contribution in [-0.4, -0.2) is 30.5 Å². The molecule has 0 fully saturated rings. The maximum atomic E-state index is 5.76. The zero-order chi connectivity index (χ0) is 11.2. The van der Waals surface area contributed by atoms with E-state index in [9.17, 15) is 0 Å². The Morgan fingerprint density at radius 1 is 1.50 bits per heavy atom. The Hall–Kier alpha value is -1.78. The normalized spacial score (nSPS) is 14.4. The molecule has 2 rings (SSSR count). The lowest BCUT2D eigenvalue weighted by atomic mass is 10.3. The summed E-state index contributed by atoms with van der Waals surface area (Å²) in [5.41, 5.74) is 6.46. The number of nitrogens with zero attached hydrogens (tertiary/aromatic N) is 2. The zero-order valence-corrected chi connectivity index (χ0v) is 9.24. The van der Waals surface area contributed by atoms with Gasteiger partial charge in [0.05, 0.1) is 18.1 Å². The summed E-state index contributed by atoms with van der Waals surface area (Å²) in [6, 6.07) is 3.68. The van der Waals surface area contributed by atoms with Crippen LogP contribution in [0.3, 0.4) is 0 Å². The van der Waals surface area contributed by atoms with Crippen LogP contribution in [0.15, 0.2) is 23.3 Å². The third kappa shape index (κ3) is 2.85. The molecule has 0 saturated carbocycles. The van der Waals surface area contributed by atoms with Crippen molar-refractivity contribution in [1.82, 2.24) is 10.3 Å². The molecule has 1 aromatic rings. The summed E-state index contributed by atoms with van der Waals surface area (Å²) in [4.78, 5) is 8.50. The lowest BCUT2D eigenvalue weighted by Gasteiger charge is -2.07. The minimum Gasteiger partial charge on any atom is -0.396 e. The molecular weight excluding hydrogens is 202 g/mol. The first-order valence-corrected chi connectivity index (χ1v) is 5.58. The summed E-state index contributed by atoms with van der Waals surface area (Å²) >= 11 is 0. The first-order valence-electron chi connectivity index (χ1n) is 5.58. The summed E-state index contributed by atoms with van der Waals surface area (Å²) in [7, 11) is 0. The number of aliphatic imine (C=N–C) groups is 1. The molecule has 0 unspecified atom stereocenters. The molecule has 0 amide bonds. The Morgan fingerprint density at radius 3 is 3.19 bits per heavy atom. The predicted octanol–water partition coefficient (Wildman–Crippen LogP) is 0.858. The summed E-state index contributed by atoms with van der Waals surface area (Å²) in [6.07, 6.45) is 3.75. The Balaban J connectivity index is 1.70. The molecule has 16 heavy (non-hydrogen) atoms. The second-order valence-corrected chi connectivity index (χ2v) is 3.73. The number of nitrogens with two attached hydrogens (primary N) is 1. The number of hydrogen-bond donors (Lipinski definition) is 3. The average Bonchev–Trinajstić information content (AvgIpc) is 2.79. The van der Waals surface area contributed by atoms with Crippen molar-refractivity contribution in [3.63, 3.8) is 0 Å². The highest BCUT2D eigenvalue weighted by Crippen LogP contribution is 2.12. The van der Waals surface area contributed by atoms with Crippen molar-refractivity contribution in [1.29, 1.82) is 0 Å². The van der Waals surface area contributed by atoms with Crippen LogP contribution in [0.1, 0.15) is 12.8 Å². The first kappa shape index (κ1) is 10.7. The van der Waals surface area contributed by atoms with Gasteiger partial charge in [0.25, 0.3) is 0 Å². The van der Waals surface area contributed by atoms with Gasteiger partial charge in [-0.05, 0) is 18.6 Å². The Kier molecular flexibility index (Phi) is 3.58. The van der Waals surface area contributed by atoms with Crippen LogP contribution in [0.2, 0.25) is 0 Å². The molecule has 0 aromatic carbocycles. The van der Waals surface area contributed by atoms with Crippen molar-refractivity contribution in [2.75, 3.05) is 30.7 Å². The van der Waals surface area contributed by atoms with Gasteiger partial charge in [-0.15, -0.1) is 0 Å². The molecule has 5 nitrogen and oxygen atoms in total. The van der Waals surface area contributed by atoms with E-state index >= 15 is 0 Å². The maximum absolute atomic E-state index is 5.76. The van der Waals surface area contributed by atoms with Gasteiger partial charge in [0.15, 0.2) is 0 Å². The number of anilines is 2. The second kappa shape index (κ2) is 5.34. The molecular formula is C11H17N5. The minimum atomic E-state index is 0.693. The Labute approximate surface area is 95.2 Å². The van der Waals surface area contributed by atoms with Gasteiger partial charge in [0.1, 0.15) is 5.82 Å². The van der Waals surface area contributed by atoms with E-state index in [0.717, 1.165) is 44.1 Å². The molecule has 5 heteroatoms. The first-order chi connectivity index (χ1) is 7.86. The van der Waals surface area contributed by atoms with Gasteiger partial charge in [-0.3, -0.25) is 4.99 Å². The minimum absolute atomic E-state index is 0.693. The molecule has 86 valence electrons. The molecule has 1 aromatic heterocycles. The van der Waals surface area contributed by atoms with Crippen molar-refractivity contribution in [3.05, 3.63) is 18.3 Å². The molecule has 0 aliphatic carbocycles. The van der Waals surface area contributed by atoms with E-state index in [2.05, 4.69) is 20.6 Å². The molecule has 2 heterocycles. The lowest BCUT2D eigenvalue weighted by Crippen LogP contribution is -2.19. The third-order valence-electron chi connectivity index (χ3n) is 2.47. The van der Waals surface area contributed by atoms with Gasteiger partial charge in [0, 0.05) is 25.7 Å². The van der Waals surface area contributed by atoms with Gasteiger partial charge in [0.2, 0.25) is 0 Å². The fourth-order valence-corrected chi connectivity index (χ4v) is 1.64. The fourth-order valence-electron chi connectivity index (χ4n) is 1.64. The van der Waals surface area contributed by atoms with Crippen molar-refractivity contribution >= 4 is 17.3 Å². The summed E-state index contributed by atoms with van der Waals surface area (Å²) < 4.78 is 0. The van der Waals surface area contributed by atoms with Gasteiger partial charge in [-0.25, -0.2) is 4.98 Å². The highest BCUT2D eigenvalue weighted by molar-refractivity contribution is 5.83. The fraction of sp³-hybridized carbons (Fsp3) is 0.455. The van der Waals surface area contributed by atoms with Crippen molar-refractivity contribution < 1.29 is 0 Å². The number of amidine groups is 1. The molecule has 1 aliphatic heterocycles. The zero-order valence-electron chi connectivity index (χ0n) is 9.24. The number of aromatic nitrogens is 1.